The van der Waals surface area contributed by atoms with E-state index in [1.54, 1.807) is 40.0 Å². The Hall–Kier alpha value is -2.63. The number of thiocarbonyl (C=S) groups is 1. The van der Waals surface area contributed by atoms with Crippen LogP contribution in [0.1, 0.15) is 40.3 Å². The number of esters is 1. The highest BCUT2D eigenvalue weighted by atomic mass is 32.1. The van der Waals surface area contributed by atoms with Crippen molar-refractivity contribution in [2.45, 2.75) is 45.8 Å². The summed E-state index contributed by atoms with van der Waals surface area (Å²) in [6.45, 7) is 8.42. The lowest BCUT2D eigenvalue weighted by Gasteiger charge is -2.26. The molecule has 0 bridgehead atoms. The Balaban J connectivity index is 1.85. The second-order valence-electron chi connectivity index (χ2n) is 7.95. The first-order valence-corrected chi connectivity index (χ1v) is 11.3. The number of rotatable bonds is 6. The van der Waals surface area contributed by atoms with Crippen LogP contribution in [-0.4, -0.2) is 37.9 Å². The normalized spacial score (nSPS) is 12.6. The zero-order valence-electron chi connectivity index (χ0n) is 17.7. The monoisotopic (exact) mass is 478 g/mol. The number of carbonyl (C=O) groups excluding carboxylic acids is 1. The van der Waals surface area contributed by atoms with Gasteiger partial charge in [-0.3, -0.25) is 0 Å². The first kappa shape index (κ1) is 23.0. The summed E-state index contributed by atoms with van der Waals surface area (Å²) in [5.74, 6) is -0.570. The van der Waals surface area contributed by atoms with E-state index in [-0.39, 0.29) is 10.8 Å². The molecule has 0 radical (unpaired) electrons. The highest BCUT2D eigenvalue weighted by molar-refractivity contribution is 7.81. The number of hydrogen-bond donors (Lipinski definition) is 1. The quantitative estimate of drug-likeness (QED) is 0.237. The standard InChI is InChI=1S/C20H22N4O4S3/c1-19(2,3)27-16(25)20(4,5)28-24-14(12-10-30-17(21)22-12)15(29)26-18-23-11-8-6-7-9-13(11)31-18/h6-10H,1-5H3,(H2,21,22). The molecule has 0 amide bonds. The summed E-state index contributed by atoms with van der Waals surface area (Å²) in [6, 6.07) is 7.62. The van der Waals surface area contributed by atoms with E-state index in [1.807, 2.05) is 24.3 Å². The van der Waals surface area contributed by atoms with Gasteiger partial charge in [-0.15, -0.1) is 11.3 Å². The minimum Gasteiger partial charge on any atom is -0.457 e. The van der Waals surface area contributed by atoms with E-state index in [2.05, 4.69) is 15.1 Å². The van der Waals surface area contributed by atoms with Crippen LogP contribution in [0.15, 0.2) is 34.8 Å². The number of ether oxygens (including phenoxy) is 2. The largest absolute Gasteiger partial charge is 0.457 e. The molecule has 11 heteroatoms. The number of nitrogen functional groups attached to an aromatic ring is 1. The average Bonchev–Trinajstić information content (AvgIpc) is 3.25. The van der Waals surface area contributed by atoms with E-state index in [9.17, 15) is 4.79 Å². The number of aromatic nitrogens is 2. The molecule has 0 aliphatic carbocycles. The van der Waals surface area contributed by atoms with Crippen LogP contribution in [0.2, 0.25) is 0 Å². The third-order valence-electron chi connectivity index (χ3n) is 3.67. The van der Waals surface area contributed by atoms with Gasteiger partial charge in [0.25, 0.3) is 5.19 Å². The molecule has 31 heavy (non-hydrogen) atoms. The molecule has 0 saturated carbocycles. The number of carbonyl (C=O) groups is 1. The third kappa shape index (κ3) is 5.96. The fourth-order valence-corrected chi connectivity index (χ4v) is 3.85. The van der Waals surface area contributed by atoms with Gasteiger partial charge in [0.05, 0.1) is 10.2 Å². The maximum absolute atomic E-state index is 12.5. The van der Waals surface area contributed by atoms with E-state index in [0.29, 0.717) is 16.0 Å². The number of fused-ring (bicyclic) bond motifs is 1. The van der Waals surface area contributed by atoms with Crippen LogP contribution in [0.4, 0.5) is 5.13 Å². The fraction of sp³-hybridized carbons (Fsp3) is 0.350. The number of nitrogens with two attached hydrogens (primary N) is 1. The Morgan fingerprint density at radius 2 is 1.87 bits per heavy atom. The minimum atomic E-state index is -1.37. The third-order valence-corrected chi connectivity index (χ3v) is 5.53. The predicted molar refractivity (Wildman–Crippen MR) is 127 cm³/mol. The Kier molecular flexibility index (Phi) is 6.58. The molecule has 0 saturated heterocycles. The highest BCUT2D eigenvalue weighted by Gasteiger charge is 2.36. The summed E-state index contributed by atoms with van der Waals surface area (Å²) in [5, 5.41) is 6.44. The van der Waals surface area contributed by atoms with E-state index >= 15 is 0 Å². The van der Waals surface area contributed by atoms with Crippen molar-refractivity contribution in [2.75, 3.05) is 5.73 Å². The van der Waals surface area contributed by atoms with Gasteiger partial charge in [0.15, 0.2) is 10.8 Å². The lowest BCUT2D eigenvalue weighted by molar-refractivity contribution is -0.179. The van der Waals surface area contributed by atoms with Gasteiger partial charge in [-0.25, -0.2) is 14.8 Å². The molecule has 0 unspecified atom stereocenters. The zero-order valence-corrected chi connectivity index (χ0v) is 20.1. The number of para-hydroxylation sites is 1. The summed E-state index contributed by atoms with van der Waals surface area (Å²) in [6.07, 6.45) is 0. The summed E-state index contributed by atoms with van der Waals surface area (Å²) in [5.41, 5.74) is 5.01. The van der Waals surface area contributed by atoms with Gasteiger partial charge in [-0.05, 0) is 59.0 Å². The Morgan fingerprint density at radius 3 is 2.48 bits per heavy atom. The molecule has 0 atom stereocenters. The Labute approximate surface area is 193 Å². The molecule has 2 aromatic heterocycles. The second kappa shape index (κ2) is 8.85. The summed E-state index contributed by atoms with van der Waals surface area (Å²) in [7, 11) is 0. The van der Waals surface area contributed by atoms with Gasteiger partial charge in [-0.1, -0.05) is 28.6 Å². The van der Waals surface area contributed by atoms with Gasteiger partial charge in [0.2, 0.25) is 10.7 Å². The van der Waals surface area contributed by atoms with Crippen molar-refractivity contribution < 1.29 is 19.1 Å². The number of anilines is 1. The topological polar surface area (TPSA) is 109 Å². The average molecular weight is 479 g/mol. The van der Waals surface area contributed by atoms with Crippen LogP contribution < -0.4 is 10.5 Å². The van der Waals surface area contributed by atoms with Crippen LogP contribution in [0.5, 0.6) is 5.19 Å². The van der Waals surface area contributed by atoms with Gasteiger partial charge >= 0.3 is 5.97 Å². The molecule has 1 aromatic carbocycles. The number of nitrogens with zero attached hydrogens (tertiary/aromatic N) is 3. The zero-order chi connectivity index (χ0) is 22.8. The molecular weight excluding hydrogens is 456 g/mol. The molecule has 0 spiro atoms. The molecule has 0 aliphatic heterocycles. The lowest BCUT2D eigenvalue weighted by atomic mass is 10.1. The fourth-order valence-electron chi connectivity index (χ4n) is 2.21. The predicted octanol–water partition coefficient (Wildman–Crippen LogP) is 4.58. The number of oxime groups is 1. The maximum atomic E-state index is 12.5. The van der Waals surface area contributed by atoms with E-state index in [4.69, 9.17) is 32.3 Å². The van der Waals surface area contributed by atoms with Crippen LogP contribution in [-0.2, 0) is 14.4 Å². The van der Waals surface area contributed by atoms with Crippen molar-refractivity contribution in [1.29, 1.82) is 0 Å². The number of benzene rings is 1. The second-order valence-corrected chi connectivity index (χ2v) is 10.2. The van der Waals surface area contributed by atoms with Crippen molar-refractivity contribution in [1.82, 2.24) is 9.97 Å². The molecule has 0 fully saturated rings. The van der Waals surface area contributed by atoms with Crippen molar-refractivity contribution in [2.24, 2.45) is 5.16 Å². The van der Waals surface area contributed by atoms with Crippen molar-refractivity contribution in [3.05, 3.63) is 35.3 Å². The molecule has 2 heterocycles. The summed E-state index contributed by atoms with van der Waals surface area (Å²) in [4.78, 5) is 26.6. The van der Waals surface area contributed by atoms with Crippen molar-refractivity contribution >= 4 is 67.0 Å². The molecule has 2 N–H and O–H groups in total. The van der Waals surface area contributed by atoms with Gasteiger partial charge in [-0.2, -0.15) is 0 Å². The minimum absolute atomic E-state index is 0.00987. The van der Waals surface area contributed by atoms with E-state index in [0.717, 1.165) is 10.2 Å². The van der Waals surface area contributed by atoms with Gasteiger partial charge in [0.1, 0.15) is 11.3 Å². The van der Waals surface area contributed by atoms with Gasteiger partial charge < -0.3 is 20.0 Å². The van der Waals surface area contributed by atoms with Gasteiger partial charge in [0, 0.05) is 5.38 Å². The van der Waals surface area contributed by atoms with E-state index in [1.165, 1.54) is 22.7 Å². The van der Waals surface area contributed by atoms with Crippen LogP contribution in [0, 0.1) is 0 Å². The molecule has 3 aromatic rings. The summed E-state index contributed by atoms with van der Waals surface area (Å²) < 4.78 is 12.1. The van der Waals surface area contributed by atoms with Crippen LogP contribution in [0.25, 0.3) is 10.2 Å². The highest BCUT2D eigenvalue weighted by Crippen LogP contribution is 2.28. The first-order valence-electron chi connectivity index (χ1n) is 9.23. The van der Waals surface area contributed by atoms with E-state index < -0.39 is 17.2 Å². The number of thiazole rings is 2. The molecule has 0 aliphatic rings. The maximum Gasteiger partial charge on any atom is 0.353 e. The van der Waals surface area contributed by atoms with Crippen molar-refractivity contribution in [3.8, 4) is 5.19 Å². The molecule has 3 rings (SSSR count). The molecular formula is C20H22N4O4S3. The smallest absolute Gasteiger partial charge is 0.353 e. The SMILES string of the molecule is CC(C)(C)OC(=O)C(C)(C)ON=C(C(=S)Oc1nc2ccccc2s1)c1csc(N)n1. The Bertz CT molecular complexity index is 1110. The summed E-state index contributed by atoms with van der Waals surface area (Å²) >= 11 is 8.00. The Morgan fingerprint density at radius 1 is 1.16 bits per heavy atom. The van der Waals surface area contributed by atoms with Crippen LogP contribution in [0.3, 0.4) is 0 Å². The number of hydrogen-bond acceptors (Lipinski definition) is 11. The van der Waals surface area contributed by atoms with Crippen LogP contribution >= 0.6 is 34.9 Å². The molecule has 8 nitrogen and oxygen atoms in total. The first-order chi connectivity index (χ1) is 14.4. The lowest BCUT2D eigenvalue weighted by Crippen LogP contribution is -2.40. The van der Waals surface area contributed by atoms with Crippen molar-refractivity contribution in [3.63, 3.8) is 0 Å². The molecule has 164 valence electrons.